The Balaban J connectivity index is 1.93. The molecule has 2 aromatic rings. The van der Waals surface area contributed by atoms with Crippen molar-refractivity contribution in [2.75, 3.05) is 5.32 Å². The molecular weight excluding hydrogens is 249 g/mol. The number of para-hydroxylation sites is 1. The molecule has 2 aromatic carbocycles. The van der Waals surface area contributed by atoms with Crippen molar-refractivity contribution in [2.45, 2.75) is 6.61 Å². The Labute approximate surface area is 109 Å². The average Bonchev–Trinajstić information content (AvgIpc) is 2.43. The third kappa shape index (κ3) is 3.45. The highest BCUT2D eigenvalue weighted by molar-refractivity contribution is 5.86. The predicted octanol–water partition coefficient (Wildman–Crippen LogP) is 3.28. The van der Waals surface area contributed by atoms with Gasteiger partial charge in [-0.15, -0.1) is 0 Å². The number of nitrogens with one attached hydrogen (secondary N) is 1. The summed E-state index contributed by atoms with van der Waals surface area (Å²) >= 11 is 0. The first-order valence-corrected chi connectivity index (χ1v) is 5.62. The molecule has 0 heterocycles. The Kier molecular flexibility index (Phi) is 3.97. The molecule has 0 atom stereocenters. The molecular formula is C14H12FNO3. The van der Waals surface area contributed by atoms with Gasteiger partial charge < -0.3 is 9.84 Å². The highest BCUT2D eigenvalue weighted by Crippen LogP contribution is 2.25. The van der Waals surface area contributed by atoms with Crippen LogP contribution in [0.2, 0.25) is 0 Å². The largest absolute Gasteiger partial charge is 0.503 e. The van der Waals surface area contributed by atoms with Gasteiger partial charge in [-0.3, -0.25) is 5.32 Å². The number of carbonyl (C=O) groups is 1. The van der Waals surface area contributed by atoms with Gasteiger partial charge in [0.1, 0.15) is 6.61 Å². The minimum Gasteiger partial charge on any atom is -0.503 e. The second-order valence-corrected chi connectivity index (χ2v) is 3.82. The van der Waals surface area contributed by atoms with E-state index in [4.69, 9.17) is 4.74 Å². The molecule has 1 amide bonds. The molecule has 2 N–H and O–H groups in total. The summed E-state index contributed by atoms with van der Waals surface area (Å²) in [5, 5.41) is 11.7. The van der Waals surface area contributed by atoms with Gasteiger partial charge in [0.2, 0.25) is 0 Å². The van der Waals surface area contributed by atoms with Gasteiger partial charge in [-0.2, -0.15) is 0 Å². The summed E-state index contributed by atoms with van der Waals surface area (Å²) in [5.41, 5.74) is 0.805. The molecule has 0 aliphatic rings. The number of anilines is 1. The molecule has 2 rings (SSSR count). The molecule has 0 aliphatic carbocycles. The average molecular weight is 261 g/mol. The number of phenolic OH excluding ortho intramolecular Hbond substituents is 1. The van der Waals surface area contributed by atoms with Gasteiger partial charge in [-0.05, 0) is 17.7 Å². The lowest BCUT2D eigenvalue weighted by atomic mass is 10.2. The van der Waals surface area contributed by atoms with Crippen LogP contribution in [0.15, 0.2) is 48.5 Å². The fraction of sp³-hybridized carbons (Fsp3) is 0.0714. The molecule has 19 heavy (non-hydrogen) atoms. The SMILES string of the molecule is O=C(Nc1cccc(F)c1O)OCc1ccccc1. The number of benzene rings is 2. The number of rotatable bonds is 3. The van der Waals surface area contributed by atoms with Gasteiger partial charge in [0.25, 0.3) is 0 Å². The topological polar surface area (TPSA) is 58.6 Å². The number of hydrogen-bond donors (Lipinski definition) is 2. The Bertz CT molecular complexity index is 572. The summed E-state index contributed by atoms with van der Waals surface area (Å²) in [6, 6.07) is 13.0. The molecule has 0 saturated heterocycles. The number of hydrogen-bond acceptors (Lipinski definition) is 3. The number of amides is 1. The third-order valence-electron chi connectivity index (χ3n) is 2.44. The van der Waals surface area contributed by atoms with E-state index in [1.54, 1.807) is 0 Å². The van der Waals surface area contributed by atoms with Gasteiger partial charge in [0.05, 0.1) is 5.69 Å². The summed E-state index contributed by atoms with van der Waals surface area (Å²) in [5.74, 6) is -1.42. The molecule has 0 aromatic heterocycles. The zero-order valence-corrected chi connectivity index (χ0v) is 9.97. The van der Waals surface area contributed by atoms with Gasteiger partial charge in [0, 0.05) is 0 Å². The van der Waals surface area contributed by atoms with Crippen LogP contribution in [-0.2, 0) is 11.3 Å². The molecule has 0 aliphatic heterocycles. The van der Waals surface area contributed by atoms with E-state index in [1.807, 2.05) is 30.3 Å². The second-order valence-electron chi connectivity index (χ2n) is 3.82. The molecule has 98 valence electrons. The van der Waals surface area contributed by atoms with Crippen molar-refractivity contribution in [2.24, 2.45) is 0 Å². The Morgan fingerprint density at radius 1 is 1.16 bits per heavy atom. The highest BCUT2D eigenvalue weighted by atomic mass is 19.1. The van der Waals surface area contributed by atoms with E-state index in [-0.39, 0.29) is 12.3 Å². The first-order valence-electron chi connectivity index (χ1n) is 5.62. The summed E-state index contributed by atoms with van der Waals surface area (Å²) < 4.78 is 18.0. The van der Waals surface area contributed by atoms with E-state index in [2.05, 4.69) is 5.32 Å². The first kappa shape index (κ1) is 12.9. The van der Waals surface area contributed by atoms with Crippen LogP contribution in [0.1, 0.15) is 5.56 Å². The van der Waals surface area contributed by atoms with Crippen LogP contribution < -0.4 is 5.32 Å². The molecule has 0 unspecified atom stereocenters. The van der Waals surface area contributed by atoms with Crippen LogP contribution in [-0.4, -0.2) is 11.2 Å². The number of aromatic hydroxyl groups is 1. The summed E-state index contributed by atoms with van der Waals surface area (Å²) in [7, 11) is 0. The molecule has 0 bridgehead atoms. The van der Waals surface area contributed by atoms with Crippen molar-refractivity contribution in [1.82, 2.24) is 0 Å². The molecule has 4 nitrogen and oxygen atoms in total. The zero-order chi connectivity index (χ0) is 13.7. The van der Waals surface area contributed by atoms with E-state index in [0.717, 1.165) is 11.6 Å². The van der Waals surface area contributed by atoms with E-state index < -0.39 is 17.7 Å². The zero-order valence-electron chi connectivity index (χ0n) is 9.97. The fourth-order valence-corrected chi connectivity index (χ4v) is 1.49. The molecule has 0 saturated carbocycles. The van der Waals surface area contributed by atoms with Crippen molar-refractivity contribution in [1.29, 1.82) is 0 Å². The standard InChI is InChI=1S/C14H12FNO3/c15-11-7-4-8-12(13(11)17)16-14(18)19-9-10-5-2-1-3-6-10/h1-8,17H,9H2,(H,16,18). The van der Waals surface area contributed by atoms with Gasteiger partial charge in [-0.1, -0.05) is 36.4 Å². The van der Waals surface area contributed by atoms with Crippen molar-refractivity contribution in [3.8, 4) is 5.75 Å². The Morgan fingerprint density at radius 3 is 2.63 bits per heavy atom. The first-order chi connectivity index (χ1) is 9.16. The van der Waals surface area contributed by atoms with E-state index in [9.17, 15) is 14.3 Å². The smallest absolute Gasteiger partial charge is 0.412 e. The molecule has 0 spiro atoms. The normalized spacial score (nSPS) is 9.95. The van der Waals surface area contributed by atoms with Gasteiger partial charge in [0.15, 0.2) is 11.6 Å². The van der Waals surface area contributed by atoms with Crippen LogP contribution in [0.4, 0.5) is 14.9 Å². The van der Waals surface area contributed by atoms with Crippen LogP contribution in [0.5, 0.6) is 5.75 Å². The molecule has 0 fully saturated rings. The summed E-state index contributed by atoms with van der Waals surface area (Å²) in [6.07, 6.45) is -0.759. The highest BCUT2D eigenvalue weighted by Gasteiger charge is 2.10. The van der Waals surface area contributed by atoms with Crippen molar-refractivity contribution < 1.29 is 19.0 Å². The Hall–Kier alpha value is -2.56. The number of halogens is 1. The minimum atomic E-state index is -0.805. The lowest BCUT2D eigenvalue weighted by Crippen LogP contribution is -2.13. The van der Waals surface area contributed by atoms with Gasteiger partial charge >= 0.3 is 6.09 Å². The van der Waals surface area contributed by atoms with Crippen molar-refractivity contribution >= 4 is 11.8 Å². The lowest BCUT2D eigenvalue weighted by Gasteiger charge is -2.08. The predicted molar refractivity (Wildman–Crippen MR) is 68.3 cm³/mol. The van der Waals surface area contributed by atoms with Crippen LogP contribution in [0.25, 0.3) is 0 Å². The van der Waals surface area contributed by atoms with Crippen molar-refractivity contribution in [3.63, 3.8) is 0 Å². The Morgan fingerprint density at radius 2 is 1.89 bits per heavy atom. The van der Waals surface area contributed by atoms with E-state index in [0.29, 0.717) is 0 Å². The maximum absolute atomic E-state index is 13.0. The minimum absolute atomic E-state index is 0.0296. The quantitative estimate of drug-likeness (QED) is 0.833. The van der Waals surface area contributed by atoms with Crippen LogP contribution >= 0.6 is 0 Å². The third-order valence-corrected chi connectivity index (χ3v) is 2.44. The summed E-state index contributed by atoms with van der Waals surface area (Å²) in [6.45, 7) is 0.1000. The van der Waals surface area contributed by atoms with Crippen LogP contribution in [0, 0.1) is 5.82 Å². The number of carbonyl (C=O) groups excluding carboxylic acids is 1. The monoisotopic (exact) mass is 261 g/mol. The lowest BCUT2D eigenvalue weighted by molar-refractivity contribution is 0.155. The summed E-state index contributed by atoms with van der Waals surface area (Å²) in [4.78, 5) is 11.5. The fourth-order valence-electron chi connectivity index (χ4n) is 1.49. The number of phenols is 1. The second kappa shape index (κ2) is 5.86. The molecule has 5 heteroatoms. The van der Waals surface area contributed by atoms with Gasteiger partial charge in [-0.25, -0.2) is 9.18 Å². The van der Waals surface area contributed by atoms with E-state index in [1.165, 1.54) is 12.1 Å². The molecule has 0 radical (unpaired) electrons. The van der Waals surface area contributed by atoms with E-state index >= 15 is 0 Å². The maximum atomic E-state index is 13.0. The van der Waals surface area contributed by atoms with Crippen LogP contribution in [0.3, 0.4) is 0 Å². The van der Waals surface area contributed by atoms with Crippen molar-refractivity contribution in [3.05, 3.63) is 59.9 Å². The number of ether oxygens (including phenoxy) is 1. The maximum Gasteiger partial charge on any atom is 0.412 e.